The molecule has 1 aromatic heterocycles. The molecule has 1 aromatic rings. The van der Waals surface area contributed by atoms with Crippen molar-refractivity contribution < 1.29 is 0 Å². The Balaban J connectivity index is 2.07. The van der Waals surface area contributed by atoms with E-state index < -0.39 is 0 Å². The van der Waals surface area contributed by atoms with E-state index in [1.807, 2.05) is 12.4 Å². The number of aromatic nitrogens is 1. The van der Waals surface area contributed by atoms with E-state index in [-0.39, 0.29) is 0 Å². The number of nitrogens with one attached hydrogen (secondary N) is 1. The van der Waals surface area contributed by atoms with Crippen molar-refractivity contribution in [2.45, 2.75) is 38.6 Å². The molecule has 1 saturated carbocycles. The number of rotatable bonds is 5. The van der Waals surface area contributed by atoms with Crippen LogP contribution in [0.5, 0.6) is 0 Å². The van der Waals surface area contributed by atoms with Crippen LogP contribution in [0, 0.1) is 5.92 Å². The van der Waals surface area contributed by atoms with E-state index in [0.717, 1.165) is 12.5 Å². The van der Waals surface area contributed by atoms with Crippen molar-refractivity contribution in [1.82, 2.24) is 10.3 Å². The summed E-state index contributed by atoms with van der Waals surface area (Å²) in [5, 5.41) is 3.62. The Morgan fingerprint density at radius 3 is 2.60 bits per heavy atom. The summed E-state index contributed by atoms with van der Waals surface area (Å²) in [6.45, 7) is 5.58. The molecule has 2 heteroatoms. The van der Waals surface area contributed by atoms with Gasteiger partial charge in [-0.05, 0) is 48.9 Å². The summed E-state index contributed by atoms with van der Waals surface area (Å²) in [5.74, 6) is 1.49. The topological polar surface area (TPSA) is 24.9 Å². The van der Waals surface area contributed by atoms with E-state index in [0.29, 0.717) is 12.0 Å². The monoisotopic (exact) mass is 204 g/mol. The second-order valence-corrected chi connectivity index (χ2v) is 4.49. The van der Waals surface area contributed by atoms with E-state index in [1.165, 1.54) is 18.4 Å². The van der Waals surface area contributed by atoms with Gasteiger partial charge in [0.15, 0.2) is 0 Å². The van der Waals surface area contributed by atoms with Crippen LogP contribution in [0.4, 0.5) is 0 Å². The van der Waals surface area contributed by atoms with E-state index in [4.69, 9.17) is 0 Å². The SMILES string of the molecule is CCNC(C1CC1)C(C)c1ccncc1. The van der Waals surface area contributed by atoms with Crippen LogP contribution in [0.15, 0.2) is 24.5 Å². The van der Waals surface area contributed by atoms with Crippen LogP contribution in [0.25, 0.3) is 0 Å². The lowest BCUT2D eigenvalue weighted by molar-refractivity contribution is 0.416. The Bertz CT molecular complexity index is 293. The number of hydrogen-bond donors (Lipinski definition) is 1. The lowest BCUT2D eigenvalue weighted by atomic mass is 9.91. The fourth-order valence-electron chi connectivity index (χ4n) is 2.32. The molecule has 2 rings (SSSR count). The van der Waals surface area contributed by atoms with Gasteiger partial charge in [0.1, 0.15) is 0 Å². The van der Waals surface area contributed by atoms with Gasteiger partial charge in [-0.15, -0.1) is 0 Å². The van der Waals surface area contributed by atoms with Gasteiger partial charge in [-0.25, -0.2) is 0 Å². The minimum atomic E-state index is 0.598. The molecular weight excluding hydrogens is 184 g/mol. The van der Waals surface area contributed by atoms with Crippen LogP contribution in [-0.2, 0) is 0 Å². The zero-order chi connectivity index (χ0) is 10.7. The maximum atomic E-state index is 4.07. The summed E-state index contributed by atoms with van der Waals surface area (Å²) in [5.41, 5.74) is 1.41. The van der Waals surface area contributed by atoms with Crippen LogP contribution in [-0.4, -0.2) is 17.6 Å². The molecule has 82 valence electrons. The minimum Gasteiger partial charge on any atom is -0.313 e. The molecule has 2 nitrogen and oxygen atoms in total. The zero-order valence-corrected chi connectivity index (χ0v) is 9.61. The average molecular weight is 204 g/mol. The second-order valence-electron chi connectivity index (χ2n) is 4.49. The lowest BCUT2D eigenvalue weighted by Gasteiger charge is -2.25. The number of nitrogens with zero attached hydrogens (tertiary/aromatic N) is 1. The Morgan fingerprint density at radius 2 is 2.07 bits per heavy atom. The standard InChI is InChI=1S/C13H20N2/c1-3-15-13(12-4-5-12)10(2)11-6-8-14-9-7-11/h6-10,12-13,15H,3-5H2,1-2H3. The van der Waals surface area contributed by atoms with Crippen LogP contribution < -0.4 is 5.32 Å². The van der Waals surface area contributed by atoms with Gasteiger partial charge in [-0.3, -0.25) is 4.98 Å². The maximum absolute atomic E-state index is 4.07. The smallest absolute Gasteiger partial charge is 0.0270 e. The molecule has 15 heavy (non-hydrogen) atoms. The minimum absolute atomic E-state index is 0.598. The molecule has 0 aromatic carbocycles. The molecule has 1 fully saturated rings. The van der Waals surface area contributed by atoms with Gasteiger partial charge in [-0.1, -0.05) is 13.8 Å². The first kappa shape index (κ1) is 10.6. The predicted octanol–water partition coefficient (Wildman–Crippen LogP) is 2.57. The highest BCUT2D eigenvalue weighted by molar-refractivity contribution is 5.18. The molecule has 0 spiro atoms. The van der Waals surface area contributed by atoms with E-state index >= 15 is 0 Å². The van der Waals surface area contributed by atoms with Crippen molar-refractivity contribution >= 4 is 0 Å². The van der Waals surface area contributed by atoms with Crippen molar-refractivity contribution in [2.75, 3.05) is 6.54 Å². The molecule has 0 bridgehead atoms. The molecule has 1 heterocycles. The van der Waals surface area contributed by atoms with E-state index in [9.17, 15) is 0 Å². The first-order chi connectivity index (χ1) is 7.33. The molecule has 0 saturated heterocycles. The second kappa shape index (κ2) is 4.75. The molecule has 1 aliphatic rings. The van der Waals surface area contributed by atoms with Crippen LogP contribution in [0.3, 0.4) is 0 Å². The van der Waals surface area contributed by atoms with Crippen LogP contribution >= 0.6 is 0 Å². The highest BCUT2D eigenvalue weighted by Gasteiger charge is 2.34. The third kappa shape index (κ3) is 2.57. The molecule has 0 amide bonds. The van der Waals surface area contributed by atoms with Crippen molar-refractivity contribution in [3.63, 3.8) is 0 Å². The van der Waals surface area contributed by atoms with Crippen molar-refractivity contribution in [2.24, 2.45) is 5.92 Å². The van der Waals surface area contributed by atoms with Crippen LogP contribution in [0.1, 0.15) is 38.2 Å². The largest absolute Gasteiger partial charge is 0.313 e. The Morgan fingerprint density at radius 1 is 1.40 bits per heavy atom. The molecule has 2 unspecified atom stereocenters. The number of hydrogen-bond acceptors (Lipinski definition) is 2. The predicted molar refractivity (Wildman–Crippen MR) is 62.8 cm³/mol. The van der Waals surface area contributed by atoms with Gasteiger partial charge in [0.2, 0.25) is 0 Å². The molecule has 2 atom stereocenters. The first-order valence-corrected chi connectivity index (χ1v) is 5.96. The number of likely N-dealkylation sites (N-methyl/N-ethyl adjacent to an activating group) is 1. The molecule has 0 aliphatic heterocycles. The number of pyridine rings is 1. The van der Waals surface area contributed by atoms with Gasteiger partial charge in [0.05, 0.1) is 0 Å². The third-order valence-corrected chi connectivity index (χ3v) is 3.34. The summed E-state index contributed by atoms with van der Waals surface area (Å²) in [6.07, 6.45) is 6.57. The molecular formula is C13H20N2. The van der Waals surface area contributed by atoms with Gasteiger partial charge >= 0.3 is 0 Å². The molecule has 0 radical (unpaired) electrons. The van der Waals surface area contributed by atoms with Crippen molar-refractivity contribution in [3.8, 4) is 0 Å². The van der Waals surface area contributed by atoms with E-state index in [2.05, 4.69) is 36.3 Å². The quantitative estimate of drug-likeness (QED) is 0.797. The van der Waals surface area contributed by atoms with E-state index in [1.54, 1.807) is 0 Å². The fourth-order valence-corrected chi connectivity index (χ4v) is 2.32. The van der Waals surface area contributed by atoms with Gasteiger partial charge in [0, 0.05) is 18.4 Å². The highest BCUT2D eigenvalue weighted by atomic mass is 14.9. The Kier molecular flexibility index (Phi) is 3.37. The summed E-state index contributed by atoms with van der Waals surface area (Å²) in [7, 11) is 0. The lowest BCUT2D eigenvalue weighted by Crippen LogP contribution is -2.35. The third-order valence-electron chi connectivity index (χ3n) is 3.34. The fraction of sp³-hybridized carbons (Fsp3) is 0.615. The normalized spacial score (nSPS) is 19.9. The maximum Gasteiger partial charge on any atom is 0.0270 e. The van der Waals surface area contributed by atoms with Crippen molar-refractivity contribution in [3.05, 3.63) is 30.1 Å². The van der Waals surface area contributed by atoms with Gasteiger partial charge in [0.25, 0.3) is 0 Å². The van der Waals surface area contributed by atoms with Crippen molar-refractivity contribution in [1.29, 1.82) is 0 Å². The zero-order valence-electron chi connectivity index (χ0n) is 9.61. The summed E-state index contributed by atoms with van der Waals surface area (Å²) >= 11 is 0. The van der Waals surface area contributed by atoms with Gasteiger partial charge in [-0.2, -0.15) is 0 Å². The Hall–Kier alpha value is -0.890. The van der Waals surface area contributed by atoms with Crippen LogP contribution in [0.2, 0.25) is 0 Å². The molecule has 1 N–H and O–H groups in total. The summed E-state index contributed by atoms with van der Waals surface area (Å²) in [6, 6.07) is 4.92. The highest BCUT2D eigenvalue weighted by Crippen LogP contribution is 2.38. The van der Waals surface area contributed by atoms with Gasteiger partial charge < -0.3 is 5.32 Å². The summed E-state index contributed by atoms with van der Waals surface area (Å²) in [4.78, 5) is 4.07. The summed E-state index contributed by atoms with van der Waals surface area (Å²) < 4.78 is 0. The molecule has 1 aliphatic carbocycles. The Labute approximate surface area is 92.1 Å². The first-order valence-electron chi connectivity index (χ1n) is 5.96. The average Bonchev–Trinajstić information content (AvgIpc) is 3.10.